The summed E-state index contributed by atoms with van der Waals surface area (Å²) < 4.78 is 24.0. The van der Waals surface area contributed by atoms with Gasteiger partial charge < -0.3 is 54.7 Å². The third kappa shape index (κ3) is 4.54. The lowest BCUT2D eigenvalue weighted by molar-refractivity contribution is -0.362. The topological polar surface area (TPSA) is 196 Å². The quantitative estimate of drug-likeness (QED) is 0.162. The van der Waals surface area contributed by atoms with Crippen molar-refractivity contribution < 1.29 is 59.5 Å². The van der Waals surface area contributed by atoms with Crippen LogP contribution in [0.15, 0.2) is 0 Å². The van der Waals surface area contributed by atoms with Gasteiger partial charge in [-0.2, -0.15) is 0 Å². The fourth-order valence-corrected chi connectivity index (χ4v) is 13.7. The highest BCUT2D eigenvalue weighted by Crippen LogP contribution is 2.89. The molecule has 0 bridgehead atoms. The van der Waals surface area contributed by atoms with Gasteiger partial charge in [0.25, 0.3) is 0 Å². The van der Waals surface area contributed by atoms with Crippen molar-refractivity contribution in [1.82, 2.24) is 0 Å². The highest BCUT2D eigenvalue weighted by atomic mass is 16.7. The summed E-state index contributed by atoms with van der Waals surface area (Å²) in [5.41, 5.74) is -3.24. The maximum atomic E-state index is 12.6. The fourth-order valence-electron chi connectivity index (χ4n) is 13.7. The number of aliphatic hydroxyl groups excluding tert-OH is 5. The van der Waals surface area contributed by atoms with E-state index in [9.17, 15) is 40.5 Å². The van der Waals surface area contributed by atoms with Gasteiger partial charge in [-0.05, 0) is 98.2 Å². The van der Waals surface area contributed by atoms with Gasteiger partial charge in [-0.15, -0.1) is 0 Å². The van der Waals surface area contributed by atoms with E-state index in [0.29, 0.717) is 5.92 Å². The van der Waals surface area contributed by atoms with Crippen LogP contribution in [0.25, 0.3) is 0 Å². The largest absolute Gasteiger partial charge is 0.457 e. The number of fused-ring (bicyclic) bond motifs is 4. The first kappa shape index (κ1) is 36.4. The maximum Gasteiger partial charge on any atom is 0.303 e. The second-order valence-electron chi connectivity index (χ2n) is 18.9. The first-order chi connectivity index (χ1) is 22.5. The molecule has 0 aromatic carbocycles. The van der Waals surface area contributed by atoms with E-state index < -0.39 is 89.0 Å². The molecule has 0 aromatic rings. The SMILES string of the molecule is CC(=O)O[C@@H]([C@H]1O[C@@]2(O)[C@H](O)[C@@]3(C)[C@@H]4CC[C@@H]5C(C)(C)[C@@H](O[C@@H]6OC[C@@H](O)[C@H](O)[C@H]6O)CC[C@@]56C[C@@]46CC[C@]3(C)[C@H]2[C@H](C)[C@H]1O)C(C)(C)O. The van der Waals surface area contributed by atoms with Crippen LogP contribution in [0.1, 0.15) is 100 Å². The van der Waals surface area contributed by atoms with Crippen molar-refractivity contribution in [3.63, 3.8) is 0 Å². The Morgan fingerprint density at radius 3 is 2.16 bits per heavy atom. The smallest absolute Gasteiger partial charge is 0.303 e. The second-order valence-corrected chi connectivity index (χ2v) is 18.9. The molecule has 18 atom stereocenters. The molecule has 0 unspecified atom stereocenters. The normalized spacial score (nSPS) is 56.7. The Hall–Kier alpha value is -0.930. The molecule has 12 heteroatoms. The first-order valence-electron chi connectivity index (χ1n) is 18.5. The Balaban J connectivity index is 1.18. The van der Waals surface area contributed by atoms with Crippen LogP contribution in [0.3, 0.4) is 0 Å². The zero-order valence-electron chi connectivity index (χ0n) is 30.3. The van der Waals surface area contributed by atoms with Gasteiger partial charge in [-0.1, -0.05) is 34.6 Å². The van der Waals surface area contributed by atoms with Crippen LogP contribution < -0.4 is 0 Å². The minimum absolute atomic E-state index is 0.0251. The molecular weight excluding hydrogens is 636 g/mol. The average molecular weight is 697 g/mol. The molecule has 12 nitrogen and oxygen atoms in total. The molecule has 49 heavy (non-hydrogen) atoms. The molecule has 2 heterocycles. The summed E-state index contributed by atoms with van der Waals surface area (Å²) in [6, 6.07) is 0. The van der Waals surface area contributed by atoms with E-state index in [1.54, 1.807) is 0 Å². The average Bonchev–Trinajstić information content (AvgIpc) is 3.65. The second kappa shape index (κ2) is 11.1. The highest BCUT2D eigenvalue weighted by Gasteiger charge is 2.87. The van der Waals surface area contributed by atoms with Crippen molar-refractivity contribution in [2.45, 2.75) is 167 Å². The van der Waals surface area contributed by atoms with Crippen molar-refractivity contribution in [2.75, 3.05) is 6.61 Å². The van der Waals surface area contributed by atoms with Gasteiger partial charge in [0.2, 0.25) is 0 Å². The zero-order chi connectivity index (χ0) is 36.1. The number of hydrogen-bond acceptors (Lipinski definition) is 12. The van der Waals surface area contributed by atoms with Crippen LogP contribution in [0.4, 0.5) is 0 Å². The van der Waals surface area contributed by atoms with Crippen LogP contribution in [-0.4, -0.2) is 115 Å². The molecular formula is C37H60O12. The van der Waals surface area contributed by atoms with E-state index in [0.717, 1.165) is 44.9 Å². The molecule has 7 fully saturated rings. The third-order valence-corrected chi connectivity index (χ3v) is 16.1. The summed E-state index contributed by atoms with van der Waals surface area (Å²) in [7, 11) is 0. The maximum absolute atomic E-state index is 12.6. The van der Waals surface area contributed by atoms with Gasteiger partial charge in [-0.3, -0.25) is 4.79 Å². The van der Waals surface area contributed by atoms with Gasteiger partial charge >= 0.3 is 5.97 Å². The third-order valence-electron chi connectivity index (χ3n) is 16.1. The van der Waals surface area contributed by atoms with E-state index in [-0.39, 0.29) is 34.9 Å². The number of rotatable bonds is 5. The van der Waals surface area contributed by atoms with Crippen molar-refractivity contribution in [1.29, 1.82) is 0 Å². The summed E-state index contributed by atoms with van der Waals surface area (Å²) in [4.78, 5) is 12.1. The van der Waals surface area contributed by atoms with E-state index in [1.807, 2.05) is 6.92 Å². The molecule has 2 saturated heterocycles. The van der Waals surface area contributed by atoms with Crippen LogP contribution in [0, 0.1) is 50.7 Å². The van der Waals surface area contributed by atoms with Crippen LogP contribution in [-0.2, 0) is 23.7 Å². The molecule has 7 aliphatic rings. The summed E-state index contributed by atoms with van der Waals surface area (Å²) in [6.45, 7) is 14.6. The van der Waals surface area contributed by atoms with Gasteiger partial charge in [0, 0.05) is 18.3 Å². The molecule has 0 aromatic heterocycles. The minimum atomic E-state index is -2.04. The molecule has 5 saturated carbocycles. The molecule has 0 amide bonds. The molecule has 7 N–H and O–H groups in total. The number of esters is 1. The number of aliphatic hydroxyl groups is 7. The molecule has 280 valence electrons. The zero-order valence-corrected chi connectivity index (χ0v) is 30.3. The molecule has 0 radical (unpaired) electrons. The van der Waals surface area contributed by atoms with E-state index in [4.69, 9.17) is 18.9 Å². The van der Waals surface area contributed by atoms with Gasteiger partial charge in [0.1, 0.15) is 30.5 Å². The van der Waals surface area contributed by atoms with Crippen molar-refractivity contribution in [2.24, 2.45) is 50.7 Å². The number of hydrogen-bond donors (Lipinski definition) is 7. The Morgan fingerprint density at radius 2 is 1.53 bits per heavy atom. The molecule has 2 spiro atoms. The lowest BCUT2D eigenvalue weighted by Gasteiger charge is -2.63. The van der Waals surface area contributed by atoms with Gasteiger partial charge in [0.15, 0.2) is 18.2 Å². The standard InChI is InChI=1S/C37H60O12/c1-17-23(40)26(28(32(5,6)44)47-18(2)38)49-37(45)27(17)33(7)13-14-36-16-35(36)12-11-22(48-29-25(42)24(41)19(39)15-46-29)31(3,4)20(35)9-10-21(36)34(33,8)30(37)43/h17,19-30,39-45H,9-16H2,1-8H3/t17-,19-,20-,21+,22+,23-,24+,25-,26+,27-,28+,29+,30-,33-,34-,35-,36+,37-/m1/s1. The van der Waals surface area contributed by atoms with Crippen LogP contribution in [0.2, 0.25) is 0 Å². The Bertz CT molecular complexity index is 1330. The summed E-state index contributed by atoms with van der Waals surface area (Å²) >= 11 is 0. The first-order valence-corrected chi connectivity index (χ1v) is 18.5. The highest BCUT2D eigenvalue weighted by molar-refractivity contribution is 5.66. The van der Waals surface area contributed by atoms with Gasteiger partial charge in [-0.25, -0.2) is 0 Å². The number of carbonyl (C=O) groups excluding carboxylic acids is 1. The predicted octanol–water partition coefficient (Wildman–Crippen LogP) is 1.62. The monoisotopic (exact) mass is 696 g/mol. The molecule has 5 aliphatic carbocycles. The summed E-state index contributed by atoms with van der Waals surface area (Å²) in [5.74, 6) is -3.44. The lowest BCUT2D eigenvalue weighted by atomic mass is 9.41. The van der Waals surface area contributed by atoms with Crippen LogP contribution in [0.5, 0.6) is 0 Å². The number of carbonyl (C=O) groups is 1. The van der Waals surface area contributed by atoms with Crippen molar-refractivity contribution in [3.05, 3.63) is 0 Å². The minimum Gasteiger partial charge on any atom is -0.457 e. The lowest BCUT2D eigenvalue weighted by Crippen LogP contribution is -2.66. The van der Waals surface area contributed by atoms with Crippen molar-refractivity contribution in [3.8, 4) is 0 Å². The number of ether oxygens (including phenoxy) is 4. The Kier molecular flexibility index (Phi) is 8.22. The molecule has 2 aliphatic heterocycles. The predicted molar refractivity (Wildman–Crippen MR) is 173 cm³/mol. The van der Waals surface area contributed by atoms with E-state index in [1.165, 1.54) is 20.8 Å². The van der Waals surface area contributed by atoms with Crippen LogP contribution >= 0.6 is 0 Å². The molecule has 7 rings (SSSR count). The van der Waals surface area contributed by atoms with E-state index in [2.05, 4.69) is 27.7 Å². The fraction of sp³-hybridized carbons (Fsp3) is 0.973. The van der Waals surface area contributed by atoms with Gasteiger partial charge in [0.05, 0.1) is 24.4 Å². The van der Waals surface area contributed by atoms with E-state index >= 15 is 0 Å². The Morgan fingerprint density at radius 1 is 0.898 bits per heavy atom. The summed E-state index contributed by atoms with van der Waals surface area (Å²) in [5, 5.41) is 78.7. The van der Waals surface area contributed by atoms with Crippen molar-refractivity contribution >= 4 is 5.97 Å². The summed E-state index contributed by atoms with van der Waals surface area (Å²) in [6.07, 6.45) is -3.99. The Labute approximate surface area is 289 Å².